The number of hydrogen-bond acceptors (Lipinski definition) is 6. The van der Waals surface area contributed by atoms with E-state index in [0.717, 1.165) is 6.07 Å². The maximum Gasteiger partial charge on any atom is 0.270 e. The van der Waals surface area contributed by atoms with E-state index in [0.29, 0.717) is 10.7 Å². The average Bonchev–Trinajstić information content (AvgIpc) is 2.72. The predicted octanol–water partition coefficient (Wildman–Crippen LogP) is 2.30. The van der Waals surface area contributed by atoms with Crippen molar-refractivity contribution < 1.29 is 19.3 Å². The molecule has 30 heavy (non-hydrogen) atoms. The molecule has 0 radical (unpaired) electrons. The Morgan fingerprint density at radius 1 is 1.00 bits per heavy atom. The number of nitro groups is 1. The molecule has 0 aliphatic heterocycles. The molecule has 0 saturated heterocycles. The molecule has 0 atom stereocenters. The minimum atomic E-state index is -0.690. The van der Waals surface area contributed by atoms with Crippen molar-refractivity contribution in [3.63, 3.8) is 0 Å². The molecule has 0 aliphatic rings. The van der Waals surface area contributed by atoms with Gasteiger partial charge in [-0.25, -0.2) is 0 Å². The topological polar surface area (TPSA) is 142 Å². The van der Waals surface area contributed by atoms with Crippen molar-refractivity contribution in [2.45, 2.75) is 12.8 Å². The van der Waals surface area contributed by atoms with Crippen molar-refractivity contribution >= 4 is 58.0 Å². The number of anilines is 1. The zero-order valence-electron chi connectivity index (χ0n) is 15.3. The van der Waals surface area contributed by atoms with Gasteiger partial charge < -0.3 is 5.32 Å². The normalized spacial score (nSPS) is 9.90. The number of nitro benzene ring substituents is 1. The number of halogens is 1. The Kier molecular flexibility index (Phi) is 8.20. The van der Waals surface area contributed by atoms with Gasteiger partial charge in [0.2, 0.25) is 11.8 Å². The summed E-state index contributed by atoms with van der Waals surface area (Å²) in [6, 6.07) is 11.8. The summed E-state index contributed by atoms with van der Waals surface area (Å²) in [4.78, 5) is 45.9. The maximum atomic E-state index is 12.1. The molecule has 0 aliphatic carbocycles. The highest BCUT2D eigenvalue weighted by molar-refractivity contribution is 7.80. The number of non-ortho nitro benzene ring substituents is 1. The van der Waals surface area contributed by atoms with E-state index in [1.807, 2.05) is 0 Å². The van der Waals surface area contributed by atoms with Crippen molar-refractivity contribution in [1.29, 1.82) is 0 Å². The third-order valence-corrected chi connectivity index (χ3v) is 4.12. The second kappa shape index (κ2) is 10.8. The molecule has 2 rings (SSSR count). The molecule has 2 aromatic carbocycles. The highest BCUT2D eigenvalue weighted by Gasteiger charge is 2.13. The smallest absolute Gasteiger partial charge is 0.270 e. The lowest BCUT2D eigenvalue weighted by Crippen LogP contribution is -2.48. The van der Waals surface area contributed by atoms with Crippen LogP contribution in [0, 0.1) is 10.1 Å². The van der Waals surface area contributed by atoms with Gasteiger partial charge >= 0.3 is 0 Å². The van der Waals surface area contributed by atoms with Crippen molar-refractivity contribution in [1.82, 2.24) is 16.2 Å². The maximum absolute atomic E-state index is 12.1. The number of amides is 3. The zero-order valence-corrected chi connectivity index (χ0v) is 16.9. The van der Waals surface area contributed by atoms with Crippen LogP contribution in [0.5, 0.6) is 0 Å². The Morgan fingerprint density at radius 3 is 2.40 bits per heavy atom. The molecule has 0 heterocycles. The van der Waals surface area contributed by atoms with Gasteiger partial charge in [-0.15, -0.1) is 0 Å². The number of para-hydroxylation sites is 1. The van der Waals surface area contributed by atoms with Gasteiger partial charge in [0.25, 0.3) is 11.6 Å². The van der Waals surface area contributed by atoms with E-state index < -0.39 is 22.6 Å². The van der Waals surface area contributed by atoms with Gasteiger partial charge in [0.05, 0.1) is 15.6 Å². The van der Waals surface area contributed by atoms with Crippen LogP contribution in [0.4, 0.5) is 11.4 Å². The number of carbonyl (C=O) groups excluding carboxylic acids is 3. The summed E-state index contributed by atoms with van der Waals surface area (Å²) in [5.41, 5.74) is 4.77. The van der Waals surface area contributed by atoms with E-state index in [4.69, 9.17) is 23.8 Å². The second-order valence-corrected chi connectivity index (χ2v) is 6.61. The Morgan fingerprint density at radius 2 is 1.70 bits per heavy atom. The van der Waals surface area contributed by atoms with Crippen LogP contribution in [0.2, 0.25) is 5.02 Å². The summed E-state index contributed by atoms with van der Waals surface area (Å²) in [5, 5.41) is 15.8. The fraction of sp³-hybridized carbons (Fsp3) is 0.111. The summed E-state index contributed by atoms with van der Waals surface area (Å²) < 4.78 is 0. The molecule has 0 unspecified atom stereocenters. The Balaban J connectivity index is 1.73. The van der Waals surface area contributed by atoms with Gasteiger partial charge in [-0.05, 0) is 30.4 Å². The Bertz CT molecular complexity index is 1000. The number of rotatable bonds is 6. The summed E-state index contributed by atoms with van der Waals surface area (Å²) >= 11 is 10.8. The lowest BCUT2D eigenvalue weighted by atomic mass is 10.2. The van der Waals surface area contributed by atoms with Crippen LogP contribution >= 0.6 is 23.8 Å². The van der Waals surface area contributed by atoms with Gasteiger partial charge in [0.15, 0.2) is 5.11 Å². The lowest BCUT2D eigenvalue weighted by Gasteiger charge is -2.11. The van der Waals surface area contributed by atoms with Gasteiger partial charge in [0, 0.05) is 30.5 Å². The van der Waals surface area contributed by atoms with E-state index >= 15 is 0 Å². The van der Waals surface area contributed by atoms with Crippen LogP contribution in [-0.4, -0.2) is 27.8 Å². The first-order valence-corrected chi connectivity index (χ1v) is 9.24. The van der Waals surface area contributed by atoms with Crippen molar-refractivity contribution in [2.24, 2.45) is 0 Å². The molecule has 0 fully saturated rings. The highest BCUT2D eigenvalue weighted by atomic mass is 35.5. The van der Waals surface area contributed by atoms with Crippen molar-refractivity contribution in [3.8, 4) is 0 Å². The van der Waals surface area contributed by atoms with Gasteiger partial charge in [0.1, 0.15) is 0 Å². The number of carbonyl (C=O) groups is 3. The number of nitrogens with one attached hydrogen (secondary N) is 4. The van der Waals surface area contributed by atoms with E-state index in [2.05, 4.69) is 21.5 Å². The van der Waals surface area contributed by atoms with E-state index in [9.17, 15) is 24.5 Å². The Hall–Kier alpha value is -3.57. The molecule has 0 aromatic heterocycles. The zero-order chi connectivity index (χ0) is 22.1. The SMILES string of the molecule is O=C(CCC(=O)Nc1ccccc1Cl)NNC(=S)NC(=O)c1cccc([N+](=O)[O-])c1. The number of thiocarbonyl (C=S) groups is 1. The molecule has 0 spiro atoms. The highest BCUT2D eigenvalue weighted by Crippen LogP contribution is 2.20. The fourth-order valence-electron chi connectivity index (χ4n) is 2.16. The first kappa shape index (κ1) is 22.7. The van der Waals surface area contributed by atoms with Crippen molar-refractivity contribution in [2.75, 3.05) is 5.32 Å². The van der Waals surface area contributed by atoms with E-state index in [1.165, 1.54) is 18.2 Å². The van der Waals surface area contributed by atoms with Gasteiger partial charge in [-0.1, -0.05) is 29.8 Å². The summed E-state index contributed by atoms with van der Waals surface area (Å²) in [5.74, 6) is -1.64. The summed E-state index contributed by atoms with van der Waals surface area (Å²) in [7, 11) is 0. The molecule has 3 amide bonds. The van der Waals surface area contributed by atoms with E-state index in [-0.39, 0.29) is 29.2 Å². The second-order valence-electron chi connectivity index (χ2n) is 5.79. The predicted molar refractivity (Wildman–Crippen MR) is 114 cm³/mol. The first-order chi connectivity index (χ1) is 14.3. The van der Waals surface area contributed by atoms with Gasteiger partial charge in [-0.3, -0.25) is 40.7 Å². The molecule has 0 saturated carbocycles. The van der Waals surface area contributed by atoms with Crippen LogP contribution in [0.3, 0.4) is 0 Å². The number of nitrogens with zero attached hydrogens (tertiary/aromatic N) is 1. The molecule has 10 nitrogen and oxygen atoms in total. The monoisotopic (exact) mass is 449 g/mol. The van der Waals surface area contributed by atoms with Crippen molar-refractivity contribution in [3.05, 3.63) is 69.2 Å². The molecular weight excluding hydrogens is 434 g/mol. The summed E-state index contributed by atoms with van der Waals surface area (Å²) in [6.07, 6.45) is -0.254. The number of hydrazine groups is 1. The molecule has 2 aromatic rings. The fourth-order valence-corrected chi connectivity index (χ4v) is 2.49. The minimum absolute atomic E-state index is 0.0240. The quantitative estimate of drug-likeness (QED) is 0.301. The Labute approximate surface area is 181 Å². The third kappa shape index (κ3) is 7.11. The number of benzene rings is 2. The van der Waals surface area contributed by atoms with Crippen LogP contribution in [0.15, 0.2) is 48.5 Å². The molecule has 0 bridgehead atoms. The van der Waals surface area contributed by atoms with Crippen LogP contribution < -0.4 is 21.5 Å². The molecular formula is C18H16ClN5O5S. The third-order valence-electron chi connectivity index (χ3n) is 3.59. The summed E-state index contributed by atoms with van der Waals surface area (Å²) in [6.45, 7) is 0. The minimum Gasteiger partial charge on any atom is -0.325 e. The largest absolute Gasteiger partial charge is 0.325 e. The van der Waals surface area contributed by atoms with Crippen LogP contribution in [0.1, 0.15) is 23.2 Å². The molecule has 4 N–H and O–H groups in total. The molecule has 156 valence electrons. The van der Waals surface area contributed by atoms with E-state index in [1.54, 1.807) is 24.3 Å². The average molecular weight is 450 g/mol. The van der Waals surface area contributed by atoms with Crippen LogP contribution in [-0.2, 0) is 9.59 Å². The van der Waals surface area contributed by atoms with Gasteiger partial charge in [-0.2, -0.15) is 0 Å². The standard InChI is InChI=1S/C18H16ClN5O5S/c19-13-6-1-2-7-14(13)20-15(25)8-9-16(26)22-23-18(30)21-17(27)11-4-3-5-12(10-11)24(28)29/h1-7,10H,8-9H2,(H,20,25)(H,22,26)(H2,21,23,27,30). The number of hydrogen-bond donors (Lipinski definition) is 4. The lowest BCUT2D eigenvalue weighted by molar-refractivity contribution is -0.384. The molecule has 12 heteroatoms. The first-order valence-electron chi connectivity index (χ1n) is 8.45. The van der Waals surface area contributed by atoms with Crippen LogP contribution in [0.25, 0.3) is 0 Å².